The van der Waals surface area contributed by atoms with Gasteiger partial charge in [0.25, 0.3) is 5.91 Å². The smallest absolute Gasteiger partial charge is 0.306 e. The molecule has 0 saturated carbocycles. The van der Waals surface area contributed by atoms with E-state index in [1.807, 2.05) is 6.92 Å². The number of hydrogen-bond acceptors (Lipinski definition) is 4. The van der Waals surface area contributed by atoms with Crippen LogP contribution in [0.5, 0.6) is 5.75 Å². The molecular weight excluding hydrogens is 324 g/mol. The monoisotopic (exact) mass is 348 g/mol. The normalized spacial score (nSPS) is 14.9. The zero-order valence-corrected chi connectivity index (χ0v) is 14.6. The lowest BCUT2D eigenvalue weighted by molar-refractivity contribution is -0.145. The second kappa shape index (κ2) is 8.50. The van der Waals surface area contributed by atoms with E-state index in [9.17, 15) is 14.4 Å². The Morgan fingerprint density at radius 3 is 2.48 bits per heavy atom. The fourth-order valence-electron chi connectivity index (χ4n) is 2.88. The van der Waals surface area contributed by atoms with E-state index >= 15 is 0 Å². The van der Waals surface area contributed by atoms with Crippen LogP contribution in [0.15, 0.2) is 24.3 Å². The number of amides is 2. The summed E-state index contributed by atoms with van der Waals surface area (Å²) < 4.78 is 5.47. The number of hydrogen-bond donors (Lipinski definition) is 1. The van der Waals surface area contributed by atoms with E-state index in [0.29, 0.717) is 43.9 Å². The quantitative estimate of drug-likeness (QED) is 0.841. The van der Waals surface area contributed by atoms with Crippen molar-refractivity contribution >= 4 is 17.8 Å². The average molecular weight is 348 g/mol. The van der Waals surface area contributed by atoms with E-state index in [4.69, 9.17) is 9.84 Å². The lowest BCUT2D eigenvalue weighted by Crippen LogP contribution is -2.45. The summed E-state index contributed by atoms with van der Waals surface area (Å²) in [5, 5.41) is 9.01. The van der Waals surface area contributed by atoms with Crippen molar-refractivity contribution in [1.29, 1.82) is 0 Å². The van der Waals surface area contributed by atoms with Crippen molar-refractivity contribution < 1.29 is 24.2 Å². The van der Waals surface area contributed by atoms with Crippen LogP contribution >= 0.6 is 0 Å². The van der Waals surface area contributed by atoms with Crippen LogP contribution < -0.4 is 4.74 Å². The summed E-state index contributed by atoms with van der Waals surface area (Å²) in [6.07, 6.45) is 0.901. The molecule has 1 aliphatic heterocycles. The topological polar surface area (TPSA) is 87.2 Å². The van der Waals surface area contributed by atoms with Crippen LogP contribution in [0.2, 0.25) is 0 Å². The first-order valence-electron chi connectivity index (χ1n) is 8.42. The third-order valence-corrected chi connectivity index (χ3v) is 4.33. The maximum absolute atomic E-state index is 12.6. The van der Waals surface area contributed by atoms with Crippen molar-refractivity contribution in [2.45, 2.75) is 19.8 Å². The van der Waals surface area contributed by atoms with Gasteiger partial charge in [-0.05, 0) is 31.9 Å². The van der Waals surface area contributed by atoms with Crippen LogP contribution in [0, 0.1) is 5.92 Å². The van der Waals surface area contributed by atoms with Gasteiger partial charge in [0, 0.05) is 20.1 Å². The van der Waals surface area contributed by atoms with Gasteiger partial charge >= 0.3 is 5.97 Å². The summed E-state index contributed by atoms with van der Waals surface area (Å²) >= 11 is 0. The molecule has 0 aliphatic carbocycles. The second-order valence-electron chi connectivity index (χ2n) is 6.08. The van der Waals surface area contributed by atoms with Crippen molar-refractivity contribution in [2.75, 3.05) is 33.3 Å². The first-order chi connectivity index (χ1) is 11.9. The van der Waals surface area contributed by atoms with E-state index in [0.717, 1.165) is 0 Å². The number of piperidine rings is 1. The molecule has 1 aliphatic rings. The molecule has 2 amide bonds. The molecular formula is C18H24N2O5. The van der Waals surface area contributed by atoms with Crippen LogP contribution in [0.3, 0.4) is 0 Å². The third kappa shape index (κ3) is 4.71. The maximum Gasteiger partial charge on any atom is 0.306 e. The SMILES string of the molecule is CCOc1ccccc1C(=O)N(C)CC(=O)N1CCC(C(=O)O)CC1. The van der Waals surface area contributed by atoms with Crippen LogP contribution in [0.4, 0.5) is 0 Å². The number of likely N-dealkylation sites (tertiary alicyclic amines) is 1. The molecule has 0 unspecified atom stereocenters. The van der Waals surface area contributed by atoms with Crippen LogP contribution in [0.1, 0.15) is 30.1 Å². The van der Waals surface area contributed by atoms with Crippen molar-refractivity contribution in [3.05, 3.63) is 29.8 Å². The molecule has 1 aromatic carbocycles. The van der Waals surface area contributed by atoms with E-state index in [-0.39, 0.29) is 24.3 Å². The maximum atomic E-state index is 12.6. The van der Waals surface area contributed by atoms with Crippen molar-refractivity contribution in [1.82, 2.24) is 9.80 Å². The number of likely N-dealkylation sites (N-methyl/N-ethyl adjacent to an activating group) is 1. The Bertz CT molecular complexity index is 638. The molecule has 0 bridgehead atoms. The van der Waals surface area contributed by atoms with Gasteiger partial charge in [-0.25, -0.2) is 0 Å². The van der Waals surface area contributed by atoms with Gasteiger partial charge in [0.1, 0.15) is 5.75 Å². The molecule has 7 nitrogen and oxygen atoms in total. The Balaban J connectivity index is 1.95. The number of para-hydroxylation sites is 1. The van der Waals surface area contributed by atoms with Crippen molar-refractivity contribution in [2.24, 2.45) is 5.92 Å². The summed E-state index contributed by atoms with van der Waals surface area (Å²) in [5.74, 6) is -1.16. The van der Waals surface area contributed by atoms with E-state index in [1.54, 1.807) is 36.2 Å². The number of ether oxygens (including phenoxy) is 1. The Labute approximate surface area is 147 Å². The number of carbonyl (C=O) groups is 3. The zero-order chi connectivity index (χ0) is 18.4. The van der Waals surface area contributed by atoms with Gasteiger partial charge in [0.05, 0.1) is 24.6 Å². The van der Waals surface area contributed by atoms with Crippen LogP contribution in [-0.4, -0.2) is 66.0 Å². The van der Waals surface area contributed by atoms with Crippen molar-refractivity contribution in [3.63, 3.8) is 0 Å². The fraction of sp³-hybridized carbons (Fsp3) is 0.500. The Hall–Kier alpha value is -2.57. The molecule has 1 fully saturated rings. The highest BCUT2D eigenvalue weighted by Crippen LogP contribution is 2.20. The van der Waals surface area contributed by atoms with Gasteiger partial charge in [-0.15, -0.1) is 0 Å². The zero-order valence-electron chi connectivity index (χ0n) is 14.6. The van der Waals surface area contributed by atoms with Crippen molar-refractivity contribution in [3.8, 4) is 5.75 Å². The Morgan fingerprint density at radius 2 is 1.88 bits per heavy atom. The third-order valence-electron chi connectivity index (χ3n) is 4.33. The number of benzene rings is 1. The summed E-state index contributed by atoms with van der Waals surface area (Å²) in [5.41, 5.74) is 0.421. The molecule has 136 valence electrons. The fourth-order valence-corrected chi connectivity index (χ4v) is 2.88. The highest BCUT2D eigenvalue weighted by molar-refractivity contribution is 5.98. The average Bonchev–Trinajstić information content (AvgIpc) is 2.61. The van der Waals surface area contributed by atoms with Crippen LogP contribution in [-0.2, 0) is 9.59 Å². The number of aliphatic carboxylic acids is 1. The molecule has 25 heavy (non-hydrogen) atoms. The van der Waals surface area contributed by atoms with Gasteiger partial charge < -0.3 is 19.6 Å². The summed E-state index contributed by atoms with van der Waals surface area (Å²) in [6, 6.07) is 6.94. The molecule has 7 heteroatoms. The van der Waals surface area contributed by atoms with Gasteiger partial charge in [-0.3, -0.25) is 14.4 Å². The highest BCUT2D eigenvalue weighted by Gasteiger charge is 2.28. The molecule has 0 spiro atoms. The van der Waals surface area contributed by atoms with Gasteiger partial charge in [-0.1, -0.05) is 12.1 Å². The minimum Gasteiger partial charge on any atom is -0.493 e. The van der Waals surface area contributed by atoms with Gasteiger partial charge in [0.2, 0.25) is 5.91 Å². The summed E-state index contributed by atoms with van der Waals surface area (Å²) in [4.78, 5) is 38.9. The van der Waals surface area contributed by atoms with Gasteiger partial charge in [0.15, 0.2) is 0 Å². The van der Waals surface area contributed by atoms with E-state index in [1.165, 1.54) is 4.90 Å². The predicted molar refractivity (Wildman–Crippen MR) is 91.5 cm³/mol. The number of carbonyl (C=O) groups excluding carboxylic acids is 2. The molecule has 2 rings (SSSR count). The number of carboxylic acids is 1. The number of nitrogens with zero attached hydrogens (tertiary/aromatic N) is 2. The molecule has 1 heterocycles. The second-order valence-corrected chi connectivity index (χ2v) is 6.08. The number of carboxylic acid groups (broad SMARTS) is 1. The predicted octanol–water partition coefficient (Wildman–Crippen LogP) is 1.48. The first-order valence-corrected chi connectivity index (χ1v) is 8.42. The summed E-state index contributed by atoms with van der Waals surface area (Å²) in [6.45, 7) is 3.07. The molecule has 1 aromatic rings. The van der Waals surface area contributed by atoms with Crippen LogP contribution in [0.25, 0.3) is 0 Å². The van der Waals surface area contributed by atoms with E-state index in [2.05, 4.69) is 0 Å². The molecule has 0 aromatic heterocycles. The minimum atomic E-state index is -0.813. The lowest BCUT2D eigenvalue weighted by atomic mass is 9.97. The lowest BCUT2D eigenvalue weighted by Gasteiger charge is -2.31. The summed E-state index contributed by atoms with van der Waals surface area (Å²) in [7, 11) is 1.58. The van der Waals surface area contributed by atoms with E-state index < -0.39 is 5.97 Å². The highest BCUT2D eigenvalue weighted by atomic mass is 16.5. The standard InChI is InChI=1S/C18H24N2O5/c1-3-25-15-7-5-4-6-14(15)17(22)19(2)12-16(21)20-10-8-13(9-11-20)18(23)24/h4-7,13H,3,8-12H2,1-2H3,(H,23,24). The first kappa shape index (κ1) is 18.8. The molecule has 1 N–H and O–H groups in total. The Kier molecular flexibility index (Phi) is 6.38. The molecule has 0 radical (unpaired) electrons. The Morgan fingerprint density at radius 1 is 1.24 bits per heavy atom. The molecule has 0 atom stereocenters. The largest absolute Gasteiger partial charge is 0.493 e. The number of rotatable bonds is 6. The van der Waals surface area contributed by atoms with Gasteiger partial charge in [-0.2, -0.15) is 0 Å². The minimum absolute atomic E-state index is 0.0446. The molecule has 1 saturated heterocycles.